The van der Waals surface area contributed by atoms with Crippen LogP contribution in [0, 0.1) is 34.9 Å². The van der Waals surface area contributed by atoms with Gasteiger partial charge in [-0.2, -0.15) is 4.98 Å². The first-order valence-electron chi connectivity index (χ1n) is 15.8. The molecule has 1 unspecified atom stereocenters. The van der Waals surface area contributed by atoms with Gasteiger partial charge in [0, 0.05) is 30.7 Å². The predicted octanol–water partition coefficient (Wildman–Crippen LogP) is 6.44. The average molecular weight is 605 g/mol. The van der Waals surface area contributed by atoms with Crippen molar-refractivity contribution in [2.45, 2.75) is 82.8 Å². The van der Waals surface area contributed by atoms with Gasteiger partial charge in [-0.15, -0.1) is 13.2 Å². The Kier molecular flexibility index (Phi) is 8.75. The van der Waals surface area contributed by atoms with E-state index in [1.165, 1.54) is 63.1 Å². The summed E-state index contributed by atoms with van der Waals surface area (Å²) in [4.78, 5) is 10.7. The van der Waals surface area contributed by atoms with Crippen LogP contribution in [0.15, 0.2) is 30.5 Å². The van der Waals surface area contributed by atoms with E-state index in [0.29, 0.717) is 30.0 Å². The lowest BCUT2D eigenvalue weighted by Crippen LogP contribution is -2.60. The number of alkyl halides is 3. The van der Waals surface area contributed by atoms with Crippen LogP contribution in [0.2, 0.25) is 0 Å². The highest BCUT2D eigenvalue weighted by Crippen LogP contribution is 2.60. The fourth-order valence-corrected chi connectivity index (χ4v) is 8.81. The molecule has 43 heavy (non-hydrogen) atoms. The van der Waals surface area contributed by atoms with E-state index in [-0.39, 0.29) is 29.5 Å². The van der Waals surface area contributed by atoms with E-state index in [1.807, 2.05) is 0 Å². The van der Waals surface area contributed by atoms with Crippen molar-refractivity contribution in [2.24, 2.45) is 29.1 Å². The number of hydrogen-bond donors (Lipinski definition) is 3. The molecular formula is C32H44F4N6O. The van der Waals surface area contributed by atoms with Crippen LogP contribution in [-0.4, -0.2) is 60.5 Å². The molecule has 5 atom stereocenters. The summed E-state index contributed by atoms with van der Waals surface area (Å²) in [5.74, 6) is 2.26. The maximum Gasteiger partial charge on any atom is 0.573 e. The summed E-state index contributed by atoms with van der Waals surface area (Å²) in [5.41, 5.74) is 0.428. The molecule has 3 N–H and O–H groups in total. The Bertz CT molecular complexity index is 1230. The van der Waals surface area contributed by atoms with E-state index in [0.717, 1.165) is 43.5 Å². The maximum absolute atomic E-state index is 14.8. The highest BCUT2D eigenvalue weighted by molar-refractivity contribution is 5.43. The zero-order chi connectivity index (χ0) is 30.2. The van der Waals surface area contributed by atoms with Crippen LogP contribution < -0.4 is 20.7 Å². The van der Waals surface area contributed by atoms with Crippen molar-refractivity contribution in [3.8, 4) is 5.75 Å². The molecule has 236 valence electrons. The lowest BCUT2D eigenvalue weighted by Gasteiger charge is -2.60. The molecule has 2 aromatic rings. The number of hydrogen-bond acceptors (Lipinski definition) is 7. The summed E-state index contributed by atoms with van der Waals surface area (Å²) in [6, 6.07) is 7.20. The van der Waals surface area contributed by atoms with Crippen LogP contribution in [0.3, 0.4) is 0 Å². The Labute approximate surface area is 251 Å². The highest BCUT2D eigenvalue weighted by atomic mass is 19.4. The second kappa shape index (κ2) is 12.4. The number of nitrogens with one attached hydrogen (secondary N) is 3. The van der Waals surface area contributed by atoms with Gasteiger partial charge in [-0.25, -0.2) is 9.37 Å². The largest absolute Gasteiger partial charge is 0.573 e. The van der Waals surface area contributed by atoms with Crippen LogP contribution in [0.4, 0.5) is 29.3 Å². The Hall–Kier alpha value is -2.66. The van der Waals surface area contributed by atoms with E-state index in [1.54, 1.807) is 6.07 Å². The molecule has 0 spiro atoms. The van der Waals surface area contributed by atoms with Crippen molar-refractivity contribution < 1.29 is 22.3 Å². The van der Waals surface area contributed by atoms with Crippen molar-refractivity contribution in [3.05, 3.63) is 41.8 Å². The summed E-state index contributed by atoms with van der Waals surface area (Å²) in [6.45, 7) is 1.79. The van der Waals surface area contributed by atoms with Gasteiger partial charge in [-0.3, -0.25) is 0 Å². The number of nitrogens with zero attached hydrogens (tertiary/aromatic N) is 3. The SMILES string of the molecule is CN(C)[C@H]1CC[C@H](CN[C@@H]2[C@@H]3CC4C[C@H]2C[C@@](CNc2nc(NCc5ccccc5OC(F)(F)F)ncc2F)(C4)C3)CC1. The molecule has 0 saturated heterocycles. The van der Waals surface area contributed by atoms with Crippen molar-refractivity contribution in [1.82, 2.24) is 20.2 Å². The van der Waals surface area contributed by atoms with Gasteiger partial charge in [0.15, 0.2) is 11.6 Å². The molecule has 5 fully saturated rings. The van der Waals surface area contributed by atoms with E-state index < -0.39 is 12.2 Å². The van der Waals surface area contributed by atoms with Gasteiger partial charge in [0.1, 0.15) is 5.75 Å². The number of benzene rings is 1. The van der Waals surface area contributed by atoms with Gasteiger partial charge in [0.25, 0.3) is 0 Å². The Morgan fingerprint density at radius 3 is 2.42 bits per heavy atom. The van der Waals surface area contributed by atoms with Gasteiger partial charge in [-0.05, 0) is 114 Å². The zero-order valence-electron chi connectivity index (χ0n) is 25.1. The monoisotopic (exact) mass is 604 g/mol. The van der Waals surface area contributed by atoms with E-state index in [4.69, 9.17) is 0 Å². The lowest BCUT2D eigenvalue weighted by molar-refractivity contribution is -0.274. The molecule has 1 aromatic heterocycles. The number of para-hydroxylation sites is 1. The van der Waals surface area contributed by atoms with Crippen molar-refractivity contribution >= 4 is 11.8 Å². The minimum atomic E-state index is -4.79. The molecule has 7 rings (SSSR count). The minimum Gasteiger partial charge on any atom is -0.405 e. The van der Waals surface area contributed by atoms with Gasteiger partial charge >= 0.3 is 6.36 Å². The third-order valence-corrected chi connectivity index (χ3v) is 10.6. The van der Waals surface area contributed by atoms with Gasteiger partial charge in [-0.1, -0.05) is 18.2 Å². The molecule has 0 amide bonds. The van der Waals surface area contributed by atoms with Crippen LogP contribution >= 0.6 is 0 Å². The summed E-state index contributed by atoms with van der Waals surface area (Å²) >= 11 is 0. The van der Waals surface area contributed by atoms with E-state index in [9.17, 15) is 17.6 Å². The molecule has 5 aliphatic carbocycles. The fourth-order valence-electron chi connectivity index (χ4n) is 8.81. The Balaban J connectivity index is 1.04. The zero-order valence-corrected chi connectivity index (χ0v) is 25.1. The summed E-state index contributed by atoms with van der Waals surface area (Å²) in [6.07, 6.45) is 7.55. The topological polar surface area (TPSA) is 74.3 Å². The van der Waals surface area contributed by atoms with E-state index in [2.05, 4.69) is 49.7 Å². The second-order valence-corrected chi connectivity index (χ2v) is 13.8. The molecule has 11 heteroatoms. The van der Waals surface area contributed by atoms with Gasteiger partial charge in [0.05, 0.1) is 6.20 Å². The molecule has 5 saturated carbocycles. The first-order chi connectivity index (χ1) is 20.6. The lowest BCUT2D eigenvalue weighted by atomic mass is 9.48. The van der Waals surface area contributed by atoms with Crippen LogP contribution in [0.25, 0.3) is 0 Å². The number of anilines is 2. The standard InChI is InChI=1S/C32H44F4N6O/c1-42(2)25-9-7-20(8-10-25)16-37-28-23-11-21-12-24(28)15-31(13-21,14-23)19-40-29-26(33)18-39-30(41-29)38-17-22-5-3-4-6-27(22)43-32(34,35)36/h3-6,18,20-21,23-25,28,37H,7-17,19H2,1-2H3,(H2,38,39,40,41)/t20-,21?,23-,24+,25-,28-,31-. The molecule has 7 nitrogen and oxygen atoms in total. The molecule has 0 aliphatic heterocycles. The normalized spacial score (nSPS) is 31.8. The van der Waals surface area contributed by atoms with Crippen molar-refractivity contribution in [2.75, 3.05) is 37.8 Å². The van der Waals surface area contributed by atoms with Crippen LogP contribution in [0.1, 0.15) is 63.4 Å². The summed E-state index contributed by atoms with van der Waals surface area (Å²) < 4.78 is 57.3. The molecule has 1 aromatic carbocycles. The third-order valence-electron chi connectivity index (χ3n) is 10.6. The molecule has 4 bridgehead atoms. The second-order valence-electron chi connectivity index (χ2n) is 13.8. The quantitative estimate of drug-likeness (QED) is 0.255. The van der Waals surface area contributed by atoms with Crippen LogP contribution in [-0.2, 0) is 6.54 Å². The third kappa shape index (κ3) is 7.19. The molecule has 0 radical (unpaired) electrons. The van der Waals surface area contributed by atoms with Crippen LogP contribution in [0.5, 0.6) is 5.75 Å². The number of halogens is 4. The van der Waals surface area contributed by atoms with Crippen molar-refractivity contribution in [3.63, 3.8) is 0 Å². The first-order valence-corrected chi connectivity index (χ1v) is 15.8. The Morgan fingerprint density at radius 1 is 1.00 bits per heavy atom. The molecule has 1 heterocycles. The number of rotatable bonds is 11. The molecule has 5 aliphatic rings. The molecular weight excluding hydrogens is 560 g/mol. The average Bonchev–Trinajstić information content (AvgIpc) is 2.95. The Morgan fingerprint density at radius 2 is 1.72 bits per heavy atom. The van der Waals surface area contributed by atoms with E-state index >= 15 is 0 Å². The van der Waals surface area contributed by atoms with Gasteiger partial charge < -0.3 is 25.6 Å². The number of aromatic nitrogens is 2. The summed E-state index contributed by atoms with van der Waals surface area (Å²) in [7, 11) is 4.39. The smallest absolute Gasteiger partial charge is 0.405 e. The fraction of sp³-hybridized carbons (Fsp3) is 0.688. The number of ether oxygens (including phenoxy) is 1. The summed E-state index contributed by atoms with van der Waals surface area (Å²) in [5, 5.41) is 10.3. The minimum absolute atomic E-state index is 0.00220. The highest BCUT2D eigenvalue weighted by Gasteiger charge is 2.55. The predicted molar refractivity (Wildman–Crippen MR) is 158 cm³/mol. The van der Waals surface area contributed by atoms with Crippen molar-refractivity contribution in [1.29, 1.82) is 0 Å². The van der Waals surface area contributed by atoms with Gasteiger partial charge in [0.2, 0.25) is 5.95 Å². The maximum atomic E-state index is 14.8. The first kappa shape index (κ1) is 30.4.